The second kappa shape index (κ2) is 4.94. The molecule has 0 unspecified atom stereocenters. The van der Waals surface area contributed by atoms with E-state index in [1.165, 1.54) is 11.1 Å². The highest BCUT2D eigenvalue weighted by atomic mass is 16.7. The number of nitrogens with zero attached hydrogens (tertiary/aromatic N) is 3. The lowest BCUT2D eigenvalue weighted by molar-refractivity contribution is -0.191. The van der Waals surface area contributed by atoms with Crippen molar-refractivity contribution in [2.75, 3.05) is 13.2 Å². The molecule has 1 aliphatic rings. The van der Waals surface area contributed by atoms with Gasteiger partial charge in [0.05, 0.1) is 12.3 Å². The fourth-order valence-corrected chi connectivity index (χ4v) is 1.56. The zero-order chi connectivity index (χ0) is 11.4. The lowest BCUT2D eigenvalue weighted by Gasteiger charge is -2.24. The molecular formula is C11H15N3O2. The van der Waals surface area contributed by atoms with Gasteiger partial charge in [0, 0.05) is 25.9 Å². The molecule has 0 aliphatic carbocycles. The molecule has 1 aromatic rings. The maximum atomic E-state index is 11.7. The number of carbonyl (C=O) groups excluding carboxylic acids is 1. The Kier molecular flexibility index (Phi) is 3.36. The molecule has 0 bridgehead atoms. The summed E-state index contributed by atoms with van der Waals surface area (Å²) in [6.45, 7) is 1.31. The molecule has 86 valence electrons. The van der Waals surface area contributed by atoms with Crippen LogP contribution in [0.1, 0.15) is 18.5 Å². The first-order valence-corrected chi connectivity index (χ1v) is 5.38. The summed E-state index contributed by atoms with van der Waals surface area (Å²) in [7, 11) is 1.83. The minimum atomic E-state index is -0.110. The molecule has 5 heteroatoms. The predicted octanol–water partition coefficient (Wildman–Crippen LogP) is 0.987. The second-order valence-electron chi connectivity index (χ2n) is 3.69. The van der Waals surface area contributed by atoms with E-state index in [0.29, 0.717) is 13.2 Å². The zero-order valence-electron chi connectivity index (χ0n) is 9.30. The SMILES string of the molecule is Cn1nccc1/C=C/C(=O)N1CCCCO1. The van der Waals surface area contributed by atoms with Gasteiger partial charge in [-0.25, -0.2) is 5.06 Å². The Morgan fingerprint density at radius 3 is 3.06 bits per heavy atom. The van der Waals surface area contributed by atoms with Gasteiger partial charge in [0.1, 0.15) is 0 Å². The number of hydroxylamine groups is 2. The smallest absolute Gasteiger partial charge is 0.270 e. The van der Waals surface area contributed by atoms with E-state index in [4.69, 9.17) is 4.84 Å². The highest BCUT2D eigenvalue weighted by Crippen LogP contribution is 2.07. The van der Waals surface area contributed by atoms with Crippen LogP contribution in [-0.2, 0) is 16.7 Å². The van der Waals surface area contributed by atoms with Crippen LogP contribution in [0.4, 0.5) is 0 Å². The van der Waals surface area contributed by atoms with Gasteiger partial charge in [-0.2, -0.15) is 5.10 Å². The molecule has 0 radical (unpaired) electrons. The van der Waals surface area contributed by atoms with Crippen molar-refractivity contribution in [2.24, 2.45) is 7.05 Å². The first-order valence-electron chi connectivity index (χ1n) is 5.38. The van der Waals surface area contributed by atoms with Gasteiger partial charge >= 0.3 is 0 Å². The van der Waals surface area contributed by atoms with Crippen LogP contribution in [0, 0.1) is 0 Å². The van der Waals surface area contributed by atoms with Gasteiger partial charge in [-0.05, 0) is 25.0 Å². The molecule has 1 saturated heterocycles. The minimum absolute atomic E-state index is 0.110. The highest BCUT2D eigenvalue weighted by Gasteiger charge is 2.14. The van der Waals surface area contributed by atoms with Gasteiger partial charge in [0.25, 0.3) is 5.91 Å². The summed E-state index contributed by atoms with van der Waals surface area (Å²) in [5.74, 6) is -0.110. The van der Waals surface area contributed by atoms with E-state index in [9.17, 15) is 4.79 Å². The van der Waals surface area contributed by atoms with Crippen molar-refractivity contribution in [3.8, 4) is 0 Å². The summed E-state index contributed by atoms with van der Waals surface area (Å²) in [6.07, 6.45) is 6.98. The number of amides is 1. The molecule has 1 fully saturated rings. The Morgan fingerprint density at radius 1 is 1.56 bits per heavy atom. The topological polar surface area (TPSA) is 47.4 Å². The minimum Gasteiger partial charge on any atom is -0.271 e. The summed E-state index contributed by atoms with van der Waals surface area (Å²) in [4.78, 5) is 16.9. The van der Waals surface area contributed by atoms with E-state index in [1.807, 2.05) is 13.1 Å². The Bertz CT molecular complexity index is 392. The van der Waals surface area contributed by atoms with Crippen LogP contribution < -0.4 is 0 Å². The summed E-state index contributed by atoms with van der Waals surface area (Å²) < 4.78 is 1.71. The lowest BCUT2D eigenvalue weighted by Crippen LogP contribution is -2.34. The summed E-state index contributed by atoms with van der Waals surface area (Å²) in [5.41, 5.74) is 0.894. The predicted molar refractivity (Wildman–Crippen MR) is 59.1 cm³/mol. The van der Waals surface area contributed by atoms with Gasteiger partial charge in [-0.15, -0.1) is 0 Å². The van der Waals surface area contributed by atoms with Gasteiger partial charge in [0.2, 0.25) is 0 Å². The summed E-state index contributed by atoms with van der Waals surface area (Å²) >= 11 is 0. The Hall–Kier alpha value is -1.62. The quantitative estimate of drug-likeness (QED) is 0.700. The second-order valence-corrected chi connectivity index (χ2v) is 3.69. The van der Waals surface area contributed by atoms with Gasteiger partial charge < -0.3 is 0 Å². The fourth-order valence-electron chi connectivity index (χ4n) is 1.56. The molecule has 16 heavy (non-hydrogen) atoms. The highest BCUT2D eigenvalue weighted by molar-refractivity contribution is 5.90. The molecule has 0 saturated carbocycles. The Balaban J connectivity index is 1.96. The molecule has 1 aliphatic heterocycles. The van der Waals surface area contributed by atoms with Crippen molar-refractivity contribution in [1.29, 1.82) is 0 Å². The Morgan fingerprint density at radius 2 is 2.44 bits per heavy atom. The van der Waals surface area contributed by atoms with Crippen molar-refractivity contribution < 1.29 is 9.63 Å². The molecule has 2 heterocycles. The number of aryl methyl sites for hydroxylation is 1. The van der Waals surface area contributed by atoms with Gasteiger partial charge in [-0.3, -0.25) is 14.3 Å². The maximum absolute atomic E-state index is 11.7. The van der Waals surface area contributed by atoms with Crippen LogP contribution in [0.5, 0.6) is 0 Å². The van der Waals surface area contributed by atoms with Crippen LogP contribution in [0.3, 0.4) is 0 Å². The average Bonchev–Trinajstić information content (AvgIpc) is 2.73. The molecule has 0 atom stereocenters. The Labute approximate surface area is 94.3 Å². The molecule has 1 amide bonds. The average molecular weight is 221 g/mol. The van der Waals surface area contributed by atoms with Crippen molar-refractivity contribution in [3.63, 3.8) is 0 Å². The van der Waals surface area contributed by atoms with Crippen molar-refractivity contribution in [3.05, 3.63) is 24.0 Å². The summed E-state index contributed by atoms with van der Waals surface area (Å²) in [6, 6.07) is 1.85. The first kappa shape index (κ1) is 10.9. The van der Waals surface area contributed by atoms with Crippen LogP contribution in [0.25, 0.3) is 6.08 Å². The maximum Gasteiger partial charge on any atom is 0.270 e. The molecule has 5 nitrogen and oxygen atoms in total. The molecule has 1 aromatic heterocycles. The molecule has 0 N–H and O–H groups in total. The van der Waals surface area contributed by atoms with Crippen molar-refractivity contribution >= 4 is 12.0 Å². The molecule has 2 rings (SSSR count). The van der Waals surface area contributed by atoms with Crippen molar-refractivity contribution in [1.82, 2.24) is 14.8 Å². The first-order chi connectivity index (χ1) is 7.77. The number of carbonyl (C=O) groups is 1. The van der Waals surface area contributed by atoms with Crippen LogP contribution >= 0.6 is 0 Å². The number of aromatic nitrogens is 2. The van der Waals surface area contributed by atoms with E-state index in [2.05, 4.69) is 5.10 Å². The van der Waals surface area contributed by atoms with E-state index in [-0.39, 0.29) is 5.91 Å². The van der Waals surface area contributed by atoms with E-state index in [0.717, 1.165) is 18.5 Å². The third kappa shape index (κ3) is 2.49. The third-order valence-corrected chi connectivity index (χ3v) is 2.50. The van der Waals surface area contributed by atoms with Crippen molar-refractivity contribution in [2.45, 2.75) is 12.8 Å². The van der Waals surface area contributed by atoms with Gasteiger partial charge in [-0.1, -0.05) is 0 Å². The standard InChI is InChI=1S/C11H15N3O2/c1-13-10(6-7-12-13)4-5-11(15)14-8-2-3-9-16-14/h4-7H,2-3,8-9H2,1H3/b5-4+. The normalized spacial score (nSPS) is 16.9. The molecule has 0 spiro atoms. The van der Waals surface area contributed by atoms with E-state index in [1.54, 1.807) is 17.0 Å². The van der Waals surface area contributed by atoms with E-state index < -0.39 is 0 Å². The fraction of sp³-hybridized carbons (Fsp3) is 0.455. The largest absolute Gasteiger partial charge is 0.271 e. The van der Waals surface area contributed by atoms with Crippen LogP contribution in [0.2, 0.25) is 0 Å². The zero-order valence-corrected chi connectivity index (χ0v) is 9.30. The monoisotopic (exact) mass is 221 g/mol. The third-order valence-electron chi connectivity index (χ3n) is 2.50. The van der Waals surface area contributed by atoms with Gasteiger partial charge in [0.15, 0.2) is 0 Å². The lowest BCUT2D eigenvalue weighted by atomic mass is 10.3. The van der Waals surface area contributed by atoms with Crippen LogP contribution in [-0.4, -0.2) is 33.9 Å². The molecular weight excluding hydrogens is 206 g/mol. The van der Waals surface area contributed by atoms with E-state index >= 15 is 0 Å². The summed E-state index contributed by atoms with van der Waals surface area (Å²) in [5, 5.41) is 5.43. The van der Waals surface area contributed by atoms with Crippen LogP contribution in [0.15, 0.2) is 18.3 Å². The molecule has 0 aromatic carbocycles. The number of rotatable bonds is 2. The number of hydrogen-bond acceptors (Lipinski definition) is 3. The number of hydrogen-bond donors (Lipinski definition) is 0.